The summed E-state index contributed by atoms with van der Waals surface area (Å²) >= 11 is 1.57. The SMILES string of the molecule is CCOC(=O)Cc1csc(NCC2CCC(C)CC2)n1. The molecule has 4 nitrogen and oxygen atoms in total. The largest absolute Gasteiger partial charge is 0.466 e. The highest BCUT2D eigenvalue weighted by atomic mass is 32.1. The molecule has 2 rings (SSSR count). The Morgan fingerprint density at radius 3 is 2.90 bits per heavy atom. The predicted molar refractivity (Wildman–Crippen MR) is 82.1 cm³/mol. The summed E-state index contributed by atoms with van der Waals surface area (Å²) in [6, 6.07) is 0. The summed E-state index contributed by atoms with van der Waals surface area (Å²) in [6.45, 7) is 5.58. The number of aromatic nitrogens is 1. The number of hydrogen-bond donors (Lipinski definition) is 1. The molecule has 0 radical (unpaired) electrons. The van der Waals surface area contributed by atoms with E-state index in [-0.39, 0.29) is 12.4 Å². The Kier molecular flexibility index (Phi) is 5.83. The van der Waals surface area contributed by atoms with Gasteiger partial charge in [-0.15, -0.1) is 11.3 Å². The topological polar surface area (TPSA) is 51.2 Å². The van der Waals surface area contributed by atoms with E-state index in [4.69, 9.17) is 4.74 Å². The number of nitrogens with one attached hydrogen (secondary N) is 1. The summed E-state index contributed by atoms with van der Waals surface area (Å²) in [5, 5.41) is 6.26. The monoisotopic (exact) mass is 296 g/mol. The van der Waals surface area contributed by atoms with E-state index in [2.05, 4.69) is 17.2 Å². The fourth-order valence-electron chi connectivity index (χ4n) is 2.59. The van der Waals surface area contributed by atoms with Crippen LogP contribution in [0.2, 0.25) is 0 Å². The van der Waals surface area contributed by atoms with Crippen molar-refractivity contribution in [2.24, 2.45) is 11.8 Å². The van der Waals surface area contributed by atoms with E-state index < -0.39 is 0 Å². The number of ether oxygens (including phenoxy) is 1. The van der Waals surface area contributed by atoms with Crippen LogP contribution < -0.4 is 5.32 Å². The smallest absolute Gasteiger partial charge is 0.311 e. The lowest BCUT2D eigenvalue weighted by atomic mass is 9.83. The van der Waals surface area contributed by atoms with E-state index in [1.807, 2.05) is 12.3 Å². The molecule has 1 aliphatic rings. The van der Waals surface area contributed by atoms with E-state index in [1.165, 1.54) is 25.7 Å². The molecule has 0 amide bonds. The number of nitrogens with zero attached hydrogens (tertiary/aromatic N) is 1. The fraction of sp³-hybridized carbons (Fsp3) is 0.733. The number of carbonyl (C=O) groups excluding carboxylic acids is 1. The molecule has 20 heavy (non-hydrogen) atoms. The molecule has 112 valence electrons. The highest BCUT2D eigenvalue weighted by Crippen LogP contribution is 2.28. The number of hydrogen-bond acceptors (Lipinski definition) is 5. The molecule has 0 aliphatic heterocycles. The van der Waals surface area contributed by atoms with E-state index in [0.717, 1.165) is 29.2 Å². The van der Waals surface area contributed by atoms with Crippen molar-refractivity contribution in [1.82, 2.24) is 4.98 Å². The van der Waals surface area contributed by atoms with Crippen LogP contribution in [-0.4, -0.2) is 24.1 Å². The molecule has 5 heteroatoms. The van der Waals surface area contributed by atoms with Crippen LogP contribution >= 0.6 is 11.3 Å². The molecule has 0 bridgehead atoms. The van der Waals surface area contributed by atoms with Gasteiger partial charge in [-0.3, -0.25) is 4.79 Å². The minimum Gasteiger partial charge on any atom is -0.466 e. The maximum Gasteiger partial charge on any atom is 0.311 e. The molecule has 1 aliphatic carbocycles. The summed E-state index contributed by atoms with van der Waals surface area (Å²) in [4.78, 5) is 15.8. The molecular formula is C15H24N2O2S. The van der Waals surface area contributed by atoms with Gasteiger partial charge in [-0.25, -0.2) is 4.98 Å². The molecule has 1 N–H and O–H groups in total. The highest BCUT2D eigenvalue weighted by Gasteiger charge is 2.18. The van der Waals surface area contributed by atoms with E-state index in [9.17, 15) is 4.79 Å². The van der Waals surface area contributed by atoms with Gasteiger partial charge in [-0.1, -0.05) is 19.8 Å². The van der Waals surface area contributed by atoms with Crippen molar-refractivity contribution in [3.8, 4) is 0 Å². The molecule has 1 aromatic heterocycles. The van der Waals surface area contributed by atoms with Crippen LogP contribution in [0.5, 0.6) is 0 Å². The summed E-state index contributed by atoms with van der Waals surface area (Å²) < 4.78 is 4.93. The predicted octanol–water partition coefficient (Wildman–Crippen LogP) is 3.49. The second kappa shape index (κ2) is 7.62. The summed E-state index contributed by atoms with van der Waals surface area (Å²) in [6.07, 6.45) is 5.59. The number of carbonyl (C=O) groups is 1. The standard InChI is InChI=1S/C15H24N2O2S/c1-3-19-14(18)8-13-10-20-15(17-13)16-9-12-6-4-11(2)5-7-12/h10-12H,3-9H2,1-2H3,(H,16,17). The lowest BCUT2D eigenvalue weighted by Crippen LogP contribution is -2.20. The molecule has 1 heterocycles. The van der Waals surface area contributed by atoms with Gasteiger partial charge in [0.2, 0.25) is 0 Å². The highest BCUT2D eigenvalue weighted by molar-refractivity contribution is 7.13. The maximum atomic E-state index is 11.4. The summed E-state index contributed by atoms with van der Waals surface area (Å²) in [5.41, 5.74) is 0.799. The molecule has 0 unspecified atom stereocenters. The van der Waals surface area contributed by atoms with Gasteiger partial charge in [0, 0.05) is 11.9 Å². The normalized spacial score (nSPS) is 22.5. The average Bonchev–Trinajstić information content (AvgIpc) is 2.86. The van der Waals surface area contributed by atoms with Crippen LogP contribution in [-0.2, 0) is 16.0 Å². The Bertz CT molecular complexity index is 425. The first-order chi connectivity index (χ1) is 9.67. The molecule has 0 atom stereocenters. The zero-order chi connectivity index (χ0) is 14.4. The van der Waals surface area contributed by atoms with Gasteiger partial charge in [0.05, 0.1) is 18.7 Å². The third-order valence-corrected chi connectivity index (χ3v) is 4.71. The Hall–Kier alpha value is -1.10. The van der Waals surface area contributed by atoms with Crippen molar-refractivity contribution < 1.29 is 9.53 Å². The summed E-state index contributed by atoms with van der Waals surface area (Å²) in [5.74, 6) is 1.46. The molecule has 1 aromatic rings. The van der Waals surface area contributed by atoms with Gasteiger partial charge in [-0.2, -0.15) is 0 Å². The van der Waals surface area contributed by atoms with Gasteiger partial charge in [0.15, 0.2) is 5.13 Å². The first-order valence-corrected chi connectivity index (χ1v) is 8.39. The zero-order valence-electron chi connectivity index (χ0n) is 12.4. The van der Waals surface area contributed by atoms with E-state index >= 15 is 0 Å². The second-order valence-corrected chi connectivity index (χ2v) is 6.49. The molecular weight excluding hydrogens is 272 g/mol. The van der Waals surface area contributed by atoms with Gasteiger partial charge in [-0.05, 0) is 31.6 Å². The maximum absolute atomic E-state index is 11.4. The van der Waals surface area contributed by atoms with Crippen LogP contribution in [0.4, 0.5) is 5.13 Å². The fourth-order valence-corrected chi connectivity index (χ4v) is 3.31. The molecule has 1 fully saturated rings. The average molecular weight is 296 g/mol. The van der Waals surface area contributed by atoms with Crippen LogP contribution in [0.1, 0.15) is 45.2 Å². The van der Waals surface area contributed by atoms with Crippen molar-refractivity contribution >= 4 is 22.4 Å². The number of rotatable bonds is 6. The van der Waals surface area contributed by atoms with Crippen LogP contribution in [0.3, 0.4) is 0 Å². The second-order valence-electron chi connectivity index (χ2n) is 5.63. The first-order valence-electron chi connectivity index (χ1n) is 7.51. The minimum atomic E-state index is -0.203. The van der Waals surface area contributed by atoms with Gasteiger partial charge in [0.25, 0.3) is 0 Å². The van der Waals surface area contributed by atoms with E-state index in [0.29, 0.717) is 6.61 Å². The number of esters is 1. The van der Waals surface area contributed by atoms with Crippen LogP contribution in [0, 0.1) is 11.8 Å². The van der Waals surface area contributed by atoms with Crippen molar-refractivity contribution in [2.45, 2.75) is 46.0 Å². The Morgan fingerprint density at radius 1 is 1.45 bits per heavy atom. The molecule has 0 saturated heterocycles. The van der Waals surface area contributed by atoms with Crippen molar-refractivity contribution in [3.05, 3.63) is 11.1 Å². The number of thiazole rings is 1. The molecule has 0 spiro atoms. The van der Waals surface area contributed by atoms with E-state index in [1.54, 1.807) is 11.3 Å². The summed E-state index contributed by atoms with van der Waals surface area (Å²) in [7, 11) is 0. The Balaban J connectivity index is 1.74. The first kappa shape index (κ1) is 15.3. The quantitative estimate of drug-likeness (QED) is 0.816. The van der Waals surface area contributed by atoms with Crippen LogP contribution in [0.25, 0.3) is 0 Å². The lowest BCUT2D eigenvalue weighted by molar-refractivity contribution is -0.142. The Morgan fingerprint density at radius 2 is 2.20 bits per heavy atom. The number of anilines is 1. The third-order valence-electron chi connectivity index (χ3n) is 3.86. The van der Waals surface area contributed by atoms with Gasteiger partial charge >= 0.3 is 5.97 Å². The van der Waals surface area contributed by atoms with Crippen molar-refractivity contribution in [3.63, 3.8) is 0 Å². The van der Waals surface area contributed by atoms with Crippen LogP contribution in [0.15, 0.2) is 5.38 Å². The third kappa shape index (κ3) is 4.78. The van der Waals surface area contributed by atoms with Gasteiger partial charge in [0.1, 0.15) is 0 Å². The zero-order valence-corrected chi connectivity index (χ0v) is 13.2. The molecule has 0 aromatic carbocycles. The molecule has 1 saturated carbocycles. The van der Waals surface area contributed by atoms with Crippen molar-refractivity contribution in [1.29, 1.82) is 0 Å². The lowest BCUT2D eigenvalue weighted by Gasteiger charge is -2.26. The minimum absolute atomic E-state index is 0.203. The Labute approximate surface area is 124 Å². The van der Waals surface area contributed by atoms with Gasteiger partial charge < -0.3 is 10.1 Å². The van der Waals surface area contributed by atoms with Crippen molar-refractivity contribution in [2.75, 3.05) is 18.5 Å².